The Hall–Kier alpha value is -3.58. The molecule has 0 aliphatic rings. The molecule has 0 aliphatic heterocycles. The second-order valence-corrected chi connectivity index (χ2v) is 7.83. The van der Waals surface area contributed by atoms with Gasteiger partial charge >= 0.3 is 0 Å². The third-order valence-electron chi connectivity index (χ3n) is 4.81. The molecule has 4 rings (SSSR count). The number of nitrogens with zero attached hydrogens (tertiary/aromatic N) is 2. The molecule has 8 heteroatoms. The summed E-state index contributed by atoms with van der Waals surface area (Å²) in [6.07, 6.45) is 1.59. The molecule has 0 spiro atoms. The van der Waals surface area contributed by atoms with Crippen molar-refractivity contribution in [1.29, 1.82) is 0 Å². The fourth-order valence-corrected chi connectivity index (χ4v) is 3.30. The number of ether oxygens (including phenoxy) is 1. The van der Waals surface area contributed by atoms with Gasteiger partial charge in [-0.25, -0.2) is 4.39 Å². The summed E-state index contributed by atoms with van der Waals surface area (Å²) in [6, 6.07) is 15.3. The molecular formula is C24H21ClFN3O3. The third kappa shape index (κ3) is 5.18. The van der Waals surface area contributed by atoms with Gasteiger partial charge in [0, 0.05) is 6.20 Å². The van der Waals surface area contributed by atoms with Crippen molar-refractivity contribution in [3.05, 3.63) is 99.8 Å². The highest BCUT2D eigenvalue weighted by molar-refractivity contribution is 6.33. The molecule has 0 fully saturated rings. The van der Waals surface area contributed by atoms with Gasteiger partial charge in [0.25, 0.3) is 5.91 Å². The Morgan fingerprint density at radius 3 is 2.72 bits per heavy atom. The number of anilines is 1. The van der Waals surface area contributed by atoms with E-state index in [0.717, 1.165) is 22.4 Å². The monoisotopic (exact) mass is 453 g/mol. The number of halogens is 2. The van der Waals surface area contributed by atoms with Gasteiger partial charge in [-0.2, -0.15) is 5.10 Å². The molecule has 4 aromatic rings. The average Bonchev–Trinajstić information content (AvgIpc) is 3.37. The van der Waals surface area contributed by atoms with Gasteiger partial charge in [0.05, 0.1) is 6.54 Å². The number of hydrogen-bond donors (Lipinski definition) is 1. The van der Waals surface area contributed by atoms with Gasteiger partial charge in [-0.15, -0.1) is 0 Å². The van der Waals surface area contributed by atoms with E-state index in [9.17, 15) is 9.18 Å². The van der Waals surface area contributed by atoms with Crippen LogP contribution in [0.3, 0.4) is 0 Å². The van der Waals surface area contributed by atoms with E-state index < -0.39 is 5.91 Å². The summed E-state index contributed by atoms with van der Waals surface area (Å²) < 4.78 is 26.1. The van der Waals surface area contributed by atoms with E-state index >= 15 is 0 Å². The molecule has 6 nitrogen and oxygen atoms in total. The van der Waals surface area contributed by atoms with Gasteiger partial charge in [0.15, 0.2) is 11.6 Å². The standard InChI is InChI=1S/C24H21ClFN3O3/c1-15-3-4-16(2)22(11-15)31-14-19-9-10-21(32-19)24(30)27-23-20(25)13-29(28-23)12-17-5-7-18(26)8-6-17/h3-11,13H,12,14H2,1-2H3,(H,27,28,30). The van der Waals surface area contributed by atoms with Crippen LogP contribution < -0.4 is 10.1 Å². The van der Waals surface area contributed by atoms with E-state index in [1.54, 1.807) is 35.1 Å². The Bertz CT molecular complexity index is 1250. The second-order valence-electron chi connectivity index (χ2n) is 7.43. The highest BCUT2D eigenvalue weighted by atomic mass is 35.5. The molecule has 0 unspecified atom stereocenters. The van der Waals surface area contributed by atoms with Gasteiger partial charge in [-0.3, -0.25) is 9.48 Å². The molecule has 32 heavy (non-hydrogen) atoms. The number of aryl methyl sites for hydroxylation is 2. The maximum absolute atomic E-state index is 13.1. The normalized spacial score (nSPS) is 10.9. The molecule has 0 bridgehead atoms. The van der Waals surface area contributed by atoms with Crippen LogP contribution in [0.1, 0.15) is 33.0 Å². The number of furan rings is 1. The largest absolute Gasteiger partial charge is 0.485 e. The van der Waals surface area contributed by atoms with Gasteiger partial charge in [0.2, 0.25) is 0 Å². The van der Waals surface area contributed by atoms with Crippen molar-refractivity contribution in [3.63, 3.8) is 0 Å². The molecular weight excluding hydrogens is 433 g/mol. The van der Waals surface area contributed by atoms with Crippen molar-refractivity contribution in [2.75, 3.05) is 5.32 Å². The second kappa shape index (κ2) is 9.28. The van der Waals surface area contributed by atoms with Gasteiger partial charge < -0.3 is 14.5 Å². The highest BCUT2D eigenvalue weighted by Gasteiger charge is 2.16. The summed E-state index contributed by atoms with van der Waals surface area (Å²) in [4.78, 5) is 12.6. The van der Waals surface area contributed by atoms with E-state index in [4.69, 9.17) is 20.8 Å². The summed E-state index contributed by atoms with van der Waals surface area (Å²) in [7, 11) is 0. The zero-order chi connectivity index (χ0) is 22.7. The Kier molecular flexibility index (Phi) is 6.28. The number of aromatic nitrogens is 2. The minimum atomic E-state index is -0.475. The van der Waals surface area contributed by atoms with Crippen molar-refractivity contribution >= 4 is 23.3 Å². The molecule has 0 saturated carbocycles. The van der Waals surface area contributed by atoms with Gasteiger partial charge in [-0.05, 0) is 60.9 Å². The van der Waals surface area contributed by atoms with Crippen molar-refractivity contribution in [2.24, 2.45) is 0 Å². The van der Waals surface area contributed by atoms with Crippen LogP contribution in [0.25, 0.3) is 0 Å². The molecule has 2 aromatic heterocycles. The van der Waals surface area contributed by atoms with Crippen molar-refractivity contribution in [3.8, 4) is 5.75 Å². The quantitative estimate of drug-likeness (QED) is 0.386. The smallest absolute Gasteiger partial charge is 0.292 e. The zero-order valence-electron chi connectivity index (χ0n) is 17.6. The van der Waals surface area contributed by atoms with Crippen LogP contribution in [0.4, 0.5) is 10.2 Å². The first-order valence-corrected chi connectivity index (χ1v) is 10.3. The molecule has 0 saturated heterocycles. The fourth-order valence-electron chi connectivity index (χ4n) is 3.10. The van der Waals surface area contributed by atoms with Crippen LogP contribution in [0.2, 0.25) is 5.02 Å². The van der Waals surface area contributed by atoms with E-state index in [1.807, 2.05) is 32.0 Å². The molecule has 1 N–H and O–H groups in total. The SMILES string of the molecule is Cc1ccc(C)c(OCc2ccc(C(=O)Nc3nn(Cc4ccc(F)cc4)cc3Cl)o2)c1. The molecule has 1 amide bonds. The minimum absolute atomic E-state index is 0.119. The molecule has 164 valence electrons. The topological polar surface area (TPSA) is 69.3 Å². The maximum Gasteiger partial charge on any atom is 0.292 e. The van der Waals surface area contributed by atoms with Crippen molar-refractivity contribution in [2.45, 2.75) is 27.0 Å². The van der Waals surface area contributed by atoms with E-state index in [1.165, 1.54) is 12.1 Å². The van der Waals surface area contributed by atoms with Crippen LogP contribution in [-0.2, 0) is 13.2 Å². The van der Waals surface area contributed by atoms with E-state index in [0.29, 0.717) is 12.3 Å². The molecule has 0 aliphatic carbocycles. The minimum Gasteiger partial charge on any atom is -0.485 e. The number of carbonyl (C=O) groups excluding carboxylic acids is 1. The Morgan fingerprint density at radius 1 is 1.16 bits per heavy atom. The predicted octanol–water partition coefficient (Wildman–Crippen LogP) is 5.77. The molecule has 0 radical (unpaired) electrons. The van der Waals surface area contributed by atoms with Crippen molar-refractivity contribution < 1.29 is 18.3 Å². The fraction of sp³-hybridized carbons (Fsp3) is 0.167. The average molecular weight is 454 g/mol. The lowest BCUT2D eigenvalue weighted by Crippen LogP contribution is -2.12. The summed E-state index contributed by atoms with van der Waals surface area (Å²) in [5, 5.41) is 7.22. The Labute approximate surface area is 189 Å². The number of amides is 1. The number of hydrogen-bond acceptors (Lipinski definition) is 4. The summed E-state index contributed by atoms with van der Waals surface area (Å²) >= 11 is 6.21. The zero-order valence-corrected chi connectivity index (χ0v) is 18.3. The summed E-state index contributed by atoms with van der Waals surface area (Å²) in [5.74, 6) is 0.835. The Balaban J connectivity index is 1.38. The van der Waals surface area contributed by atoms with Gasteiger partial charge in [-0.1, -0.05) is 35.9 Å². The first-order valence-electron chi connectivity index (χ1n) is 9.95. The van der Waals surface area contributed by atoms with Crippen LogP contribution in [0.5, 0.6) is 5.75 Å². The van der Waals surface area contributed by atoms with Crippen molar-refractivity contribution in [1.82, 2.24) is 9.78 Å². The van der Waals surface area contributed by atoms with Crippen LogP contribution in [-0.4, -0.2) is 15.7 Å². The van der Waals surface area contributed by atoms with Crippen LogP contribution >= 0.6 is 11.6 Å². The third-order valence-corrected chi connectivity index (χ3v) is 5.08. The first-order chi connectivity index (χ1) is 15.4. The predicted molar refractivity (Wildman–Crippen MR) is 120 cm³/mol. The number of carbonyl (C=O) groups is 1. The van der Waals surface area contributed by atoms with E-state index in [-0.39, 0.29) is 29.0 Å². The number of rotatable bonds is 7. The number of benzene rings is 2. The number of nitrogens with one attached hydrogen (secondary N) is 1. The van der Waals surface area contributed by atoms with E-state index in [2.05, 4.69) is 10.4 Å². The maximum atomic E-state index is 13.1. The first kappa shape index (κ1) is 21.6. The van der Waals surface area contributed by atoms with Crippen LogP contribution in [0, 0.1) is 19.7 Å². The molecule has 0 atom stereocenters. The summed E-state index contributed by atoms with van der Waals surface area (Å²) in [5.41, 5.74) is 2.97. The van der Waals surface area contributed by atoms with Crippen LogP contribution in [0.15, 0.2) is 65.2 Å². The highest BCUT2D eigenvalue weighted by Crippen LogP contribution is 2.23. The molecule has 2 aromatic carbocycles. The van der Waals surface area contributed by atoms with Gasteiger partial charge in [0.1, 0.15) is 29.0 Å². The molecule has 2 heterocycles. The summed E-state index contributed by atoms with van der Waals surface area (Å²) in [6.45, 7) is 4.55. The Morgan fingerprint density at radius 2 is 1.94 bits per heavy atom. The lowest BCUT2D eigenvalue weighted by Gasteiger charge is -2.08. The lowest BCUT2D eigenvalue weighted by atomic mass is 10.1. The lowest BCUT2D eigenvalue weighted by molar-refractivity contribution is 0.0992.